The molecule has 14 heavy (non-hydrogen) atoms. The number of nitrogens with zero attached hydrogens (tertiary/aromatic N) is 2. The first kappa shape index (κ1) is 8.90. The van der Waals surface area contributed by atoms with Crippen molar-refractivity contribution in [2.75, 3.05) is 0 Å². The number of aromatic nitrogens is 2. The number of aliphatic hydroxyl groups excluding tert-OH is 1. The molecule has 4 heteroatoms. The average molecular weight is 190 g/mol. The molecule has 0 aliphatic rings. The third-order valence-electron chi connectivity index (χ3n) is 1.84. The van der Waals surface area contributed by atoms with Gasteiger partial charge in [0.1, 0.15) is 6.10 Å². The molecule has 0 aliphatic carbocycles. The Hall–Kier alpha value is -1.68. The van der Waals surface area contributed by atoms with Gasteiger partial charge < -0.3 is 9.63 Å². The molecule has 1 atom stereocenters. The Morgan fingerprint density at radius 2 is 2.00 bits per heavy atom. The highest BCUT2D eigenvalue weighted by molar-refractivity contribution is 5.51. The Morgan fingerprint density at radius 3 is 2.57 bits per heavy atom. The first-order valence-electron chi connectivity index (χ1n) is 4.34. The maximum absolute atomic E-state index is 9.20. The van der Waals surface area contributed by atoms with E-state index in [0.29, 0.717) is 11.7 Å². The largest absolute Gasteiger partial charge is 0.385 e. The summed E-state index contributed by atoms with van der Waals surface area (Å²) in [5, 5.41) is 12.9. The van der Waals surface area contributed by atoms with Crippen molar-refractivity contribution in [1.29, 1.82) is 0 Å². The van der Waals surface area contributed by atoms with Gasteiger partial charge in [-0.05, 0) is 19.1 Å². The lowest BCUT2D eigenvalue weighted by Gasteiger charge is -1.92. The molecular weight excluding hydrogens is 180 g/mol. The van der Waals surface area contributed by atoms with E-state index >= 15 is 0 Å². The van der Waals surface area contributed by atoms with Crippen molar-refractivity contribution in [3.05, 3.63) is 36.2 Å². The lowest BCUT2D eigenvalue weighted by Crippen LogP contribution is -1.92. The zero-order chi connectivity index (χ0) is 9.97. The van der Waals surface area contributed by atoms with Crippen LogP contribution in [0, 0.1) is 0 Å². The van der Waals surface area contributed by atoms with Gasteiger partial charge >= 0.3 is 0 Å². The number of rotatable bonds is 2. The molecule has 72 valence electrons. The van der Waals surface area contributed by atoms with Crippen LogP contribution in [0.2, 0.25) is 0 Å². The summed E-state index contributed by atoms with van der Waals surface area (Å²) in [6.45, 7) is 1.60. The van der Waals surface area contributed by atoms with E-state index in [9.17, 15) is 5.11 Å². The summed E-state index contributed by atoms with van der Waals surface area (Å²) in [5.41, 5.74) is 0.854. The lowest BCUT2D eigenvalue weighted by molar-refractivity contribution is 0.184. The molecule has 0 saturated heterocycles. The summed E-state index contributed by atoms with van der Waals surface area (Å²) in [6.07, 6.45) is -0.698. The summed E-state index contributed by atoms with van der Waals surface area (Å²) >= 11 is 0. The Kier molecular flexibility index (Phi) is 2.28. The summed E-state index contributed by atoms with van der Waals surface area (Å²) < 4.78 is 4.99. The van der Waals surface area contributed by atoms with E-state index in [4.69, 9.17) is 4.52 Å². The average Bonchev–Trinajstić information content (AvgIpc) is 2.68. The van der Waals surface area contributed by atoms with E-state index in [1.807, 2.05) is 30.3 Å². The molecule has 4 nitrogen and oxygen atoms in total. The second-order valence-corrected chi connectivity index (χ2v) is 3.00. The Labute approximate surface area is 81.2 Å². The highest BCUT2D eigenvalue weighted by atomic mass is 16.5. The Bertz CT molecular complexity index is 409. The van der Waals surface area contributed by atoms with Gasteiger partial charge in [0.15, 0.2) is 5.82 Å². The summed E-state index contributed by atoms with van der Waals surface area (Å²) in [6, 6.07) is 9.44. The van der Waals surface area contributed by atoms with Gasteiger partial charge in [-0.15, -0.1) is 0 Å². The van der Waals surface area contributed by atoms with Crippen LogP contribution in [0.25, 0.3) is 11.5 Å². The zero-order valence-electron chi connectivity index (χ0n) is 7.71. The second-order valence-electron chi connectivity index (χ2n) is 3.00. The molecule has 0 fully saturated rings. The standard InChI is InChI=1S/C10H10N2O2/c1-7(13)9-11-10(14-12-9)8-5-3-2-4-6-8/h2-7,13H,1H3/t7-/m0/s1. The molecule has 1 heterocycles. The van der Waals surface area contributed by atoms with Gasteiger partial charge in [-0.3, -0.25) is 0 Å². The summed E-state index contributed by atoms with van der Waals surface area (Å²) in [4.78, 5) is 4.05. The third-order valence-corrected chi connectivity index (χ3v) is 1.84. The lowest BCUT2D eigenvalue weighted by atomic mass is 10.2. The van der Waals surface area contributed by atoms with Crippen molar-refractivity contribution < 1.29 is 9.63 Å². The van der Waals surface area contributed by atoms with Gasteiger partial charge in [0.25, 0.3) is 5.89 Å². The van der Waals surface area contributed by atoms with Gasteiger partial charge in [-0.1, -0.05) is 23.4 Å². The number of hydrogen-bond donors (Lipinski definition) is 1. The maximum atomic E-state index is 9.20. The predicted molar refractivity (Wildman–Crippen MR) is 50.4 cm³/mol. The molecule has 0 amide bonds. The molecule has 0 spiro atoms. The summed E-state index contributed by atoms with van der Waals surface area (Å²) in [7, 11) is 0. The van der Waals surface area contributed by atoms with E-state index < -0.39 is 6.10 Å². The van der Waals surface area contributed by atoms with Crippen LogP contribution >= 0.6 is 0 Å². The number of hydrogen-bond acceptors (Lipinski definition) is 4. The van der Waals surface area contributed by atoms with Crippen LogP contribution in [0.4, 0.5) is 0 Å². The molecule has 2 aromatic rings. The number of aliphatic hydroxyl groups is 1. The van der Waals surface area contributed by atoms with Crippen molar-refractivity contribution in [3.63, 3.8) is 0 Å². The van der Waals surface area contributed by atoms with Crippen molar-refractivity contribution in [2.45, 2.75) is 13.0 Å². The van der Waals surface area contributed by atoms with Crippen molar-refractivity contribution >= 4 is 0 Å². The molecular formula is C10H10N2O2. The van der Waals surface area contributed by atoms with Crippen LogP contribution in [-0.4, -0.2) is 15.2 Å². The second kappa shape index (κ2) is 3.59. The smallest absolute Gasteiger partial charge is 0.258 e. The normalized spacial score (nSPS) is 12.7. The molecule has 1 N–H and O–H groups in total. The van der Waals surface area contributed by atoms with Crippen LogP contribution in [0.1, 0.15) is 18.9 Å². The van der Waals surface area contributed by atoms with Gasteiger partial charge in [0, 0.05) is 5.56 Å². The van der Waals surface area contributed by atoms with Crippen LogP contribution in [0.3, 0.4) is 0 Å². The van der Waals surface area contributed by atoms with Crippen molar-refractivity contribution in [1.82, 2.24) is 10.1 Å². The van der Waals surface area contributed by atoms with Crippen LogP contribution in [0.5, 0.6) is 0 Å². The molecule has 0 aliphatic heterocycles. The quantitative estimate of drug-likeness (QED) is 0.784. The fourth-order valence-electron chi connectivity index (χ4n) is 1.10. The van der Waals surface area contributed by atoms with Crippen LogP contribution in [-0.2, 0) is 0 Å². The summed E-state index contributed by atoms with van der Waals surface area (Å²) in [5.74, 6) is 0.741. The maximum Gasteiger partial charge on any atom is 0.258 e. The highest BCUT2D eigenvalue weighted by Gasteiger charge is 2.11. The molecule has 0 bridgehead atoms. The fraction of sp³-hybridized carbons (Fsp3) is 0.200. The van der Waals surface area contributed by atoms with E-state index in [2.05, 4.69) is 10.1 Å². The number of benzene rings is 1. The zero-order valence-corrected chi connectivity index (χ0v) is 7.71. The predicted octanol–water partition coefficient (Wildman–Crippen LogP) is 1.79. The van der Waals surface area contributed by atoms with Crippen molar-refractivity contribution in [3.8, 4) is 11.5 Å². The first-order chi connectivity index (χ1) is 6.77. The fourth-order valence-corrected chi connectivity index (χ4v) is 1.10. The van der Waals surface area contributed by atoms with Crippen LogP contribution < -0.4 is 0 Å². The minimum absolute atomic E-state index is 0.309. The van der Waals surface area contributed by atoms with E-state index in [1.54, 1.807) is 6.92 Å². The molecule has 0 unspecified atom stereocenters. The molecule has 0 radical (unpaired) electrons. The Morgan fingerprint density at radius 1 is 1.29 bits per heavy atom. The third kappa shape index (κ3) is 1.65. The van der Waals surface area contributed by atoms with Gasteiger partial charge in [-0.25, -0.2) is 0 Å². The highest BCUT2D eigenvalue weighted by Crippen LogP contribution is 2.18. The molecule has 1 aromatic heterocycles. The van der Waals surface area contributed by atoms with Gasteiger partial charge in [-0.2, -0.15) is 4.98 Å². The topological polar surface area (TPSA) is 59.2 Å². The monoisotopic (exact) mass is 190 g/mol. The van der Waals surface area contributed by atoms with Gasteiger partial charge in [0.05, 0.1) is 0 Å². The van der Waals surface area contributed by atoms with E-state index in [-0.39, 0.29) is 0 Å². The van der Waals surface area contributed by atoms with Crippen molar-refractivity contribution in [2.24, 2.45) is 0 Å². The molecule has 0 saturated carbocycles. The van der Waals surface area contributed by atoms with E-state index in [0.717, 1.165) is 5.56 Å². The minimum atomic E-state index is -0.698. The molecule has 2 rings (SSSR count). The van der Waals surface area contributed by atoms with E-state index in [1.165, 1.54) is 0 Å². The van der Waals surface area contributed by atoms with Gasteiger partial charge in [0.2, 0.25) is 0 Å². The SMILES string of the molecule is C[C@H](O)c1noc(-c2ccccc2)n1. The first-order valence-corrected chi connectivity index (χ1v) is 4.34. The minimum Gasteiger partial charge on any atom is -0.385 e. The Balaban J connectivity index is 2.34. The molecule has 1 aromatic carbocycles. The van der Waals surface area contributed by atoms with Crippen LogP contribution in [0.15, 0.2) is 34.9 Å².